The molecule has 0 saturated heterocycles. The van der Waals surface area contributed by atoms with Crippen molar-refractivity contribution in [2.75, 3.05) is 13.1 Å². The molecule has 1 atom stereocenters. The number of primary amides is 1. The Morgan fingerprint density at radius 1 is 1.46 bits per heavy atom. The zero-order chi connectivity index (χ0) is 10.3. The fourth-order valence-electron chi connectivity index (χ4n) is 0.763. The van der Waals surface area contributed by atoms with Crippen LogP contribution in [0.4, 0.5) is 0 Å². The molecule has 0 saturated carbocycles. The zero-order valence-corrected chi connectivity index (χ0v) is 8.09. The van der Waals surface area contributed by atoms with Gasteiger partial charge in [-0.25, -0.2) is 0 Å². The van der Waals surface area contributed by atoms with Crippen LogP contribution in [0.25, 0.3) is 0 Å². The van der Waals surface area contributed by atoms with Crippen LogP contribution in [0.1, 0.15) is 20.3 Å². The number of nitrogens with two attached hydrogens (primary N) is 1. The van der Waals surface area contributed by atoms with Crippen molar-refractivity contribution in [3.05, 3.63) is 0 Å². The summed E-state index contributed by atoms with van der Waals surface area (Å²) in [5.74, 6) is -0.677. The van der Waals surface area contributed by atoms with Crippen LogP contribution in [0.15, 0.2) is 0 Å². The van der Waals surface area contributed by atoms with E-state index in [1.54, 1.807) is 6.92 Å². The maximum Gasteiger partial charge on any atom is 0.239 e. The van der Waals surface area contributed by atoms with E-state index in [4.69, 9.17) is 5.73 Å². The second-order valence-corrected chi connectivity index (χ2v) is 2.80. The van der Waals surface area contributed by atoms with Crippen LogP contribution in [0.3, 0.4) is 0 Å². The minimum atomic E-state index is -0.589. The summed E-state index contributed by atoms with van der Waals surface area (Å²) < 4.78 is 0. The summed E-state index contributed by atoms with van der Waals surface area (Å²) in [6, 6.07) is -0.589. The molecule has 5 nitrogen and oxygen atoms in total. The Morgan fingerprint density at radius 3 is 2.54 bits per heavy atom. The first-order chi connectivity index (χ1) is 6.07. The molecule has 0 aliphatic heterocycles. The molecule has 0 spiro atoms. The Labute approximate surface area is 78.1 Å². The molecule has 4 N–H and O–H groups in total. The number of hydrogen-bond acceptors (Lipinski definition) is 3. The van der Waals surface area contributed by atoms with Crippen LogP contribution >= 0.6 is 0 Å². The van der Waals surface area contributed by atoms with Crippen molar-refractivity contribution in [2.45, 2.75) is 26.3 Å². The Bertz CT molecular complexity index is 182. The van der Waals surface area contributed by atoms with Gasteiger partial charge in [0.2, 0.25) is 11.8 Å². The number of carbonyl (C=O) groups excluding carboxylic acids is 2. The minimum Gasteiger partial charge on any atom is -0.368 e. The Balaban J connectivity index is 3.56. The van der Waals surface area contributed by atoms with E-state index in [1.165, 1.54) is 0 Å². The van der Waals surface area contributed by atoms with Crippen LogP contribution < -0.4 is 16.4 Å². The zero-order valence-electron chi connectivity index (χ0n) is 8.09. The van der Waals surface area contributed by atoms with Gasteiger partial charge in [0.15, 0.2) is 0 Å². The first kappa shape index (κ1) is 11.9. The number of amides is 2. The molecule has 0 aliphatic rings. The summed E-state index contributed by atoms with van der Waals surface area (Å²) >= 11 is 0. The highest BCUT2D eigenvalue weighted by Gasteiger charge is 2.10. The third kappa shape index (κ3) is 6.10. The van der Waals surface area contributed by atoms with E-state index in [1.807, 2.05) is 6.92 Å². The molecule has 2 amide bonds. The normalized spacial score (nSPS) is 12.2. The lowest BCUT2D eigenvalue weighted by Gasteiger charge is -2.09. The molecule has 0 aromatic carbocycles. The van der Waals surface area contributed by atoms with Crippen LogP contribution in [-0.2, 0) is 9.59 Å². The van der Waals surface area contributed by atoms with E-state index in [9.17, 15) is 9.59 Å². The molecule has 1 unspecified atom stereocenters. The summed E-state index contributed by atoms with van der Waals surface area (Å²) in [7, 11) is 0. The van der Waals surface area contributed by atoms with Crippen LogP contribution in [-0.4, -0.2) is 30.9 Å². The van der Waals surface area contributed by atoms with E-state index < -0.39 is 11.9 Å². The van der Waals surface area contributed by atoms with Crippen molar-refractivity contribution in [2.24, 2.45) is 5.73 Å². The van der Waals surface area contributed by atoms with E-state index in [2.05, 4.69) is 10.6 Å². The molecule has 0 fully saturated rings. The second kappa shape index (κ2) is 6.42. The van der Waals surface area contributed by atoms with Crippen molar-refractivity contribution in [3.8, 4) is 0 Å². The van der Waals surface area contributed by atoms with Crippen LogP contribution in [0, 0.1) is 0 Å². The average Bonchev–Trinajstić information content (AvgIpc) is 2.04. The molecular formula is C8H17N3O2. The lowest BCUT2D eigenvalue weighted by atomic mass is 10.3. The second-order valence-electron chi connectivity index (χ2n) is 2.80. The third-order valence-electron chi connectivity index (χ3n) is 1.58. The van der Waals surface area contributed by atoms with Gasteiger partial charge in [0, 0.05) is 13.0 Å². The van der Waals surface area contributed by atoms with Gasteiger partial charge in [-0.2, -0.15) is 0 Å². The van der Waals surface area contributed by atoms with E-state index >= 15 is 0 Å². The van der Waals surface area contributed by atoms with Crippen LogP contribution in [0.2, 0.25) is 0 Å². The van der Waals surface area contributed by atoms with Crippen molar-refractivity contribution < 1.29 is 9.59 Å². The van der Waals surface area contributed by atoms with Crippen molar-refractivity contribution in [1.82, 2.24) is 10.6 Å². The first-order valence-corrected chi connectivity index (χ1v) is 4.37. The van der Waals surface area contributed by atoms with E-state index in [0.29, 0.717) is 13.0 Å². The molecule has 0 rings (SSSR count). The third-order valence-corrected chi connectivity index (χ3v) is 1.58. The van der Waals surface area contributed by atoms with E-state index in [0.717, 1.165) is 6.54 Å². The van der Waals surface area contributed by atoms with Gasteiger partial charge in [-0.15, -0.1) is 0 Å². The van der Waals surface area contributed by atoms with Crippen molar-refractivity contribution in [1.29, 1.82) is 0 Å². The number of rotatable bonds is 6. The smallest absolute Gasteiger partial charge is 0.239 e. The predicted octanol–water partition coefficient (Wildman–Crippen LogP) is -1.02. The SMILES string of the molecule is CCNCCC(=O)NC(C)C(N)=O. The highest BCUT2D eigenvalue weighted by molar-refractivity contribution is 5.86. The highest BCUT2D eigenvalue weighted by atomic mass is 16.2. The lowest BCUT2D eigenvalue weighted by Crippen LogP contribution is -2.42. The molecule has 5 heteroatoms. The fourth-order valence-corrected chi connectivity index (χ4v) is 0.763. The van der Waals surface area contributed by atoms with Gasteiger partial charge >= 0.3 is 0 Å². The molecule has 0 aromatic rings. The number of hydrogen-bond donors (Lipinski definition) is 3. The first-order valence-electron chi connectivity index (χ1n) is 4.37. The average molecular weight is 187 g/mol. The summed E-state index contributed by atoms with van der Waals surface area (Å²) in [6.07, 6.45) is 0.367. The summed E-state index contributed by atoms with van der Waals surface area (Å²) in [4.78, 5) is 21.6. The van der Waals surface area contributed by atoms with Crippen molar-refractivity contribution in [3.63, 3.8) is 0 Å². The maximum absolute atomic E-state index is 11.1. The van der Waals surface area contributed by atoms with E-state index in [-0.39, 0.29) is 5.91 Å². The van der Waals surface area contributed by atoms with Gasteiger partial charge in [0.1, 0.15) is 6.04 Å². The molecular weight excluding hydrogens is 170 g/mol. The molecule has 0 radical (unpaired) electrons. The van der Waals surface area contributed by atoms with Gasteiger partial charge in [-0.1, -0.05) is 6.92 Å². The Kier molecular flexibility index (Phi) is 5.88. The molecule has 76 valence electrons. The van der Waals surface area contributed by atoms with Gasteiger partial charge < -0.3 is 16.4 Å². The minimum absolute atomic E-state index is 0.160. The molecule has 0 aromatic heterocycles. The highest BCUT2D eigenvalue weighted by Crippen LogP contribution is 1.82. The van der Waals surface area contributed by atoms with Crippen molar-refractivity contribution >= 4 is 11.8 Å². The summed E-state index contributed by atoms with van der Waals surface area (Å²) in [5.41, 5.74) is 4.97. The lowest BCUT2D eigenvalue weighted by molar-refractivity contribution is -0.126. The largest absolute Gasteiger partial charge is 0.368 e. The van der Waals surface area contributed by atoms with Crippen LogP contribution in [0.5, 0.6) is 0 Å². The monoisotopic (exact) mass is 187 g/mol. The van der Waals surface area contributed by atoms with Gasteiger partial charge in [-0.05, 0) is 13.5 Å². The topological polar surface area (TPSA) is 84.2 Å². The van der Waals surface area contributed by atoms with Gasteiger partial charge in [0.25, 0.3) is 0 Å². The number of nitrogens with one attached hydrogen (secondary N) is 2. The maximum atomic E-state index is 11.1. The predicted molar refractivity (Wildman–Crippen MR) is 50.0 cm³/mol. The van der Waals surface area contributed by atoms with Gasteiger partial charge in [-0.3, -0.25) is 9.59 Å². The molecule has 13 heavy (non-hydrogen) atoms. The summed E-state index contributed by atoms with van der Waals surface area (Å²) in [6.45, 7) is 4.98. The Hall–Kier alpha value is -1.10. The molecule has 0 aliphatic carbocycles. The quantitative estimate of drug-likeness (QED) is 0.465. The standard InChI is InChI=1S/C8H17N3O2/c1-3-10-5-4-7(12)11-6(2)8(9)13/h6,10H,3-5H2,1-2H3,(H2,9,13)(H,11,12). The summed E-state index contributed by atoms with van der Waals surface area (Å²) in [5, 5.41) is 5.49. The van der Waals surface area contributed by atoms with Gasteiger partial charge in [0.05, 0.1) is 0 Å². The molecule has 0 bridgehead atoms. The Morgan fingerprint density at radius 2 is 2.08 bits per heavy atom. The fraction of sp³-hybridized carbons (Fsp3) is 0.750. The number of carbonyl (C=O) groups is 2. The molecule has 0 heterocycles.